The second kappa shape index (κ2) is 5.17. The Bertz CT molecular complexity index is 529. The summed E-state index contributed by atoms with van der Waals surface area (Å²) in [5.74, 6) is 0.295. The molecule has 0 spiro atoms. The Hall–Kier alpha value is -1.24. The normalized spacial score (nSPS) is 17.2. The third-order valence-corrected chi connectivity index (χ3v) is 3.82. The van der Waals surface area contributed by atoms with Gasteiger partial charge in [-0.3, -0.25) is 4.79 Å². The summed E-state index contributed by atoms with van der Waals surface area (Å²) in [6.45, 7) is 0. The largest absolute Gasteiger partial charge is 0.339 e. The van der Waals surface area contributed by atoms with Gasteiger partial charge in [-0.2, -0.15) is 4.98 Å². The molecule has 7 heteroatoms. The number of ketones is 1. The second-order valence-electron chi connectivity index (χ2n) is 4.80. The van der Waals surface area contributed by atoms with Crippen LogP contribution in [0.2, 0.25) is 0 Å². The van der Waals surface area contributed by atoms with Crippen LogP contribution in [0.3, 0.4) is 0 Å². The molecule has 1 aliphatic rings. The topological polar surface area (TPSA) is 90.1 Å². The van der Waals surface area contributed by atoms with Gasteiger partial charge in [-0.05, 0) is 12.8 Å². The van der Waals surface area contributed by atoms with Crippen molar-refractivity contribution in [1.82, 2.24) is 10.1 Å². The van der Waals surface area contributed by atoms with Gasteiger partial charge in [0.05, 0.1) is 6.42 Å². The summed E-state index contributed by atoms with van der Waals surface area (Å²) in [5.41, 5.74) is 0. The van der Waals surface area contributed by atoms with Crippen LogP contribution in [0.25, 0.3) is 0 Å². The van der Waals surface area contributed by atoms with E-state index in [4.69, 9.17) is 4.52 Å². The lowest BCUT2D eigenvalue weighted by atomic mass is 10.0. The number of rotatable bonds is 5. The minimum Gasteiger partial charge on any atom is -0.339 e. The van der Waals surface area contributed by atoms with Crippen LogP contribution in [0, 0.1) is 5.92 Å². The van der Waals surface area contributed by atoms with E-state index in [2.05, 4.69) is 10.1 Å². The highest BCUT2D eigenvalue weighted by Crippen LogP contribution is 2.26. The number of sulfone groups is 1. The molecule has 6 nitrogen and oxygen atoms in total. The average molecular weight is 272 g/mol. The van der Waals surface area contributed by atoms with Crippen molar-refractivity contribution in [2.24, 2.45) is 5.92 Å². The lowest BCUT2D eigenvalue weighted by Crippen LogP contribution is -2.13. The Morgan fingerprint density at radius 2 is 2.06 bits per heavy atom. The molecule has 0 unspecified atom stereocenters. The fourth-order valence-electron chi connectivity index (χ4n) is 2.20. The van der Waals surface area contributed by atoms with Crippen LogP contribution in [-0.4, -0.2) is 30.6 Å². The Kier molecular flexibility index (Phi) is 3.79. The summed E-state index contributed by atoms with van der Waals surface area (Å²) in [6.07, 6.45) is 5.28. The van der Waals surface area contributed by atoms with Crippen LogP contribution < -0.4 is 0 Å². The summed E-state index contributed by atoms with van der Waals surface area (Å²) in [4.78, 5) is 15.8. The zero-order chi connectivity index (χ0) is 13.2. The van der Waals surface area contributed by atoms with E-state index in [9.17, 15) is 13.2 Å². The monoisotopic (exact) mass is 272 g/mol. The number of nitrogens with zero attached hydrogens (tertiary/aromatic N) is 2. The van der Waals surface area contributed by atoms with Crippen molar-refractivity contribution in [3.8, 4) is 0 Å². The molecule has 0 N–H and O–H groups in total. The van der Waals surface area contributed by atoms with E-state index in [1.165, 1.54) is 0 Å². The molecule has 0 aromatic carbocycles. The molecule has 0 amide bonds. The molecule has 0 radical (unpaired) electrons. The molecule has 0 atom stereocenters. The van der Waals surface area contributed by atoms with Crippen molar-refractivity contribution < 1.29 is 17.7 Å². The molecule has 1 aromatic rings. The Balaban J connectivity index is 1.96. The highest BCUT2D eigenvalue weighted by molar-refractivity contribution is 7.89. The maximum Gasteiger partial charge on any atom is 0.234 e. The molecular weight excluding hydrogens is 256 g/mol. The van der Waals surface area contributed by atoms with Crippen LogP contribution in [0.4, 0.5) is 0 Å². The van der Waals surface area contributed by atoms with Crippen molar-refractivity contribution >= 4 is 15.6 Å². The first kappa shape index (κ1) is 13.2. The first-order chi connectivity index (χ1) is 8.44. The smallest absolute Gasteiger partial charge is 0.234 e. The number of carbonyl (C=O) groups excluding carboxylic acids is 1. The van der Waals surface area contributed by atoms with Crippen molar-refractivity contribution in [3.63, 3.8) is 0 Å². The van der Waals surface area contributed by atoms with E-state index in [1.807, 2.05) is 0 Å². The third-order valence-electron chi connectivity index (χ3n) is 3.04. The van der Waals surface area contributed by atoms with Gasteiger partial charge in [0, 0.05) is 12.2 Å². The fraction of sp³-hybridized carbons (Fsp3) is 0.727. The van der Waals surface area contributed by atoms with Crippen LogP contribution >= 0.6 is 0 Å². The van der Waals surface area contributed by atoms with Crippen molar-refractivity contribution in [2.75, 3.05) is 6.26 Å². The Morgan fingerprint density at radius 1 is 1.39 bits per heavy atom. The number of Topliss-reactive ketones (excluding diaryl/α,β-unsaturated/α-hetero) is 1. The molecule has 1 saturated carbocycles. The zero-order valence-corrected chi connectivity index (χ0v) is 11.1. The molecule has 1 aliphatic carbocycles. The standard InChI is InChI=1S/C11H16N2O4S/c1-18(15,16)7-10-12-11(17-13-10)6-9(14)8-4-2-3-5-8/h8H,2-7H2,1H3. The number of hydrogen-bond acceptors (Lipinski definition) is 6. The Morgan fingerprint density at radius 3 is 2.67 bits per heavy atom. The average Bonchev–Trinajstić information content (AvgIpc) is 2.86. The van der Waals surface area contributed by atoms with Crippen molar-refractivity contribution in [1.29, 1.82) is 0 Å². The van der Waals surface area contributed by atoms with Crippen molar-refractivity contribution in [3.05, 3.63) is 11.7 Å². The van der Waals surface area contributed by atoms with Gasteiger partial charge >= 0.3 is 0 Å². The van der Waals surface area contributed by atoms with Gasteiger partial charge in [0.15, 0.2) is 15.7 Å². The number of aromatic nitrogens is 2. The molecular formula is C11H16N2O4S. The molecule has 1 aromatic heterocycles. The van der Waals surface area contributed by atoms with Gasteiger partial charge in [-0.1, -0.05) is 18.0 Å². The summed E-state index contributed by atoms with van der Waals surface area (Å²) < 4.78 is 27.0. The summed E-state index contributed by atoms with van der Waals surface area (Å²) >= 11 is 0. The summed E-state index contributed by atoms with van der Waals surface area (Å²) in [5, 5.41) is 3.56. The van der Waals surface area contributed by atoms with Crippen LogP contribution in [0.15, 0.2) is 4.52 Å². The third kappa shape index (κ3) is 3.63. The predicted octanol–water partition coefficient (Wildman–Crippen LogP) is 0.916. The van der Waals surface area contributed by atoms with Gasteiger partial charge in [0.2, 0.25) is 5.89 Å². The van der Waals surface area contributed by atoms with E-state index in [0.717, 1.165) is 31.9 Å². The van der Waals surface area contributed by atoms with Gasteiger partial charge in [0.25, 0.3) is 0 Å². The predicted molar refractivity (Wildman–Crippen MR) is 63.5 cm³/mol. The fourth-order valence-corrected chi connectivity index (χ4v) is 2.78. The van der Waals surface area contributed by atoms with E-state index in [-0.39, 0.29) is 35.6 Å². The maximum absolute atomic E-state index is 11.9. The highest BCUT2D eigenvalue weighted by Gasteiger charge is 2.24. The second-order valence-corrected chi connectivity index (χ2v) is 6.94. The van der Waals surface area contributed by atoms with Gasteiger partial charge in [-0.15, -0.1) is 0 Å². The zero-order valence-electron chi connectivity index (χ0n) is 10.3. The maximum atomic E-state index is 11.9. The molecule has 0 saturated heterocycles. The molecule has 18 heavy (non-hydrogen) atoms. The molecule has 0 bridgehead atoms. The van der Waals surface area contributed by atoms with Crippen LogP contribution in [0.5, 0.6) is 0 Å². The first-order valence-corrected chi connectivity index (χ1v) is 8.02. The minimum absolute atomic E-state index is 0.107. The molecule has 2 rings (SSSR count). The lowest BCUT2D eigenvalue weighted by molar-refractivity contribution is -0.122. The minimum atomic E-state index is -3.18. The summed E-state index contributed by atoms with van der Waals surface area (Å²) in [6, 6.07) is 0. The summed E-state index contributed by atoms with van der Waals surface area (Å²) in [7, 11) is -3.18. The Labute approximate surface area is 106 Å². The van der Waals surface area contributed by atoms with E-state index in [1.54, 1.807) is 0 Å². The van der Waals surface area contributed by atoms with Crippen molar-refractivity contribution in [2.45, 2.75) is 37.9 Å². The van der Waals surface area contributed by atoms with Crippen LogP contribution in [0.1, 0.15) is 37.4 Å². The highest BCUT2D eigenvalue weighted by atomic mass is 32.2. The van der Waals surface area contributed by atoms with Gasteiger partial charge in [0.1, 0.15) is 11.5 Å². The molecule has 1 heterocycles. The quantitative estimate of drug-likeness (QED) is 0.791. The first-order valence-electron chi connectivity index (χ1n) is 5.96. The SMILES string of the molecule is CS(=O)(=O)Cc1noc(CC(=O)C2CCCC2)n1. The number of carbonyl (C=O) groups is 1. The number of hydrogen-bond donors (Lipinski definition) is 0. The van der Waals surface area contributed by atoms with E-state index >= 15 is 0 Å². The van der Waals surface area contributed by atoms with Crippen LogP contribution in [-0.2, 0) is 26.8 Å². The molecule has 0 aliphatic heterocycles. The van der Waals surface area contributed by atoms with Gasteiger partial charge < -0.3 is 4.52 Å². The van der Waals surface area contributed by atoms with Gasteiger partial charge in [-0.25, -0.2) is 8.42 Å². The molecule has 1 fully saturated rings. The lowest BCUT2D eigenvalue weighted by Gasteiger charge is -2.04. The van der Waals surface area contributed by atoms with E-state index in [0.29, 0.717) is 0 Å². The molecule has 100 valence electrons. The van der Waals surface area contributed by atoms with E-state index < -0.39 is 9.84 Å².